The standard InChI is InChI=1S/C20H27FN2O4/c1-26-11-6-18(24)23-10-8-20(14-23)7-3-9-22(19(20)25)13-15-12-16(27-2)4-5-17(15)21/h4-5,12H,3,6-11,13-14H2,1-2H3. The zero-order valence-corrected chi connectivity index (χ0v) is 16.0. The summed E-state index contributed by atoms with van der Waals surface area (Å²) in [5, 5.41) is 0. The van der Waals surface area contributed by atoms with E-state index in [2.05, 4.69) is 0 Å². The lowest BCUT2D eigenvalue weighted by molar-refractivity contribution is -0.147. The fourth-order valence-corrected chi connectivity index (χ4v) is 4.12. The van der Waals surface area contributed by atoms with Gasteiger partial charge in [-0.25, -0.2) is 4.39 Å². The summed E-state index contributed by atoms with van der Waals surface area (Å²) in [4.78, 5) is 29.0. The first kappa shape index (κ1) is 19.6. The molecule has 2 heterocycles. The number of halogens is 1. The number of amides is 2. The van der Waals surface area contributed by atoms with E-state index in [1.165, 1.54) is 13.2 Å². The molecule has 0 aromatic heterocycles. The third-order valence-corrected chi connectivity index (χ3v) is 5.66. The fourth-order valence-electron chi connectivity index (χ4n) is 4.12. The number of carbonyl (C=O) groups excluding carboxylic acids is 2. The molecule has 2 aliphatic rings. The van der Waals surface area contributed by atoms with Crippen molar-refractivity contribution in [1.82, 2.24) is 9.80 Å². The van der Waals surface area contributed by atoms with Crippen LogP contribution in [-0.2, 0) is 20.9 Å². The number of methoxy groups -OCH3 is 2. The van der Waals surface area contributed by atoms with Gasteiger partial charge in [0.15, 0.2) is 0 Å². The van der Waals surface area contributed by atoms with E-state index in [9.17, 15) is 14.0 Å². The van der Waals surface area contributed by atoms with Crippen LogP contribution < -0.4 is 4.74 Å². The molecule has 1 atom stereocenters. The molecule has 0 radical (unpaired) electrons. The van der Waals surface area contributed by atoms with Gasteiger partial charge in [0.05, 0.1) is 25.6 Å². The van der Waals surface area contributed by atoms with E-state index in [-0.39, 0.29) is 24.2 Å². The van der Waals surface area contributed by atoms with E-state index in [0.29, 0.717) is 50.4 Å². The van der Waals surface area contributed by atoms with E-state index in [1.54, 1.807) is 29.0 Å². The summed E-state index contributed by atoms with van der Waals surface area (Å²) >= 11 is 0. The number of carbonyl (C=O) groups is 2. The topological polar surface area (TPSA) is 59.1 Å². The minimum atomic E-state index is -0.531. The quantitative estimate of drug-likeness (QED) is 0.762. The normalized spacial score (nSPS) is 22.6. The monoisotopic (exact) mass is 378 g/mol. The molecule has 6 nitrogen and oxygen atoms in total. The van der Waals surface area contributed by atoms with Crippen LogP contribution >= 0.6 is 0 Å². The zero-order chi connectivity index (χ0) is 19.4. The van der Waals surface area contributed by atoms with Crippen molar-refractivity contribution < 1.29 is 23.5 Å². The third-order valence-electron chi connectivity index (χ3n) is 5.66. The first-order chi connectivity index (χ1) is 13.0. The van der Waals surface area contributed by atoms with Gasteiger partial charge in [0.1, 0.15) is 11.6 Å². The molecular weight excluding hydrogens is 351 g/mol. The predicted molar refractivity (Wildman–Crippen MR) is 97.7 cm³/mol. The number of hydrogen-bond acceptors (Lipinski definition) is 4. The van der Waals surface area contributed by atoms with Gasteiger partial charge < -0.3 is 19.3 Å². The summed E-state index contributed by atoms with van der Waals surface area (Å²) in [5.74, 6) is 0.280. The lowest BCUT2D eigenvalue weighted by atomic mass is 9.78. The Morgan fingerprint density at radius 3 is 2.81 bits per heavy atom. The largest absolute Gasteiger partial charge is 0.497 e. The number of rotatable bonds is 6. The predicted octanol–water partition coefficient (Wildman–Crippen LogP) is 2.21. The van der Waals surface area contributed by atoms with Crippen molar-refractivity contribution >= 4 is 11.8 Å². The zero-order valence-electron chi connectivity index (χ0n) is 16.0. The van der Waals surface area contributed by atoms with Crippen LogP contribution in [0, 0.1) is 11.2 Å². The smallest absolute Gasteiger partial charge is 0.230 e. The van der Waals surface area contributed by atoms with Crippen LogP contribution in [0.25, 0.3) is 0 Å². The Bertz CT molecular complexity index is 711. The molecule has 0 saturated carbocycles. The number of ether oxygens (including phenoxy) is 2. The van der Waals surface area contributed by atoms with E-state index in [0.717, 1.165) is 12.8 Å². The Labute approximate surface area is 159 Å². The summed E-state index contributed by atoms with van der Waals surface area (Å²) in [6.07, 6.45) is 2.63. The highest BCUT2D eigenvalue weighted by molar-refractivity contribution is 5.86. The van der Waals surface area contributed by atoms with Gasteiger partial charge in [0, 0.05) is 38.9 Å². The molecule has 2 aliphatic heterocycles. The second-order valence-corrected chi connectivity index (χ2v) is 7.38. The molecule has 2 fully saturated rings. The lowest BCUT2D eigenvalue weighted by Crippen LogP contribution is -2.50. The van der Waals surface area contributed by atoms with Gasteiger partial charge in [0.25, 0.3) is 0 Å². The number of likely N-dealkylation sites (tertiary alicyclic amines) is 2. The van der Waals surface area contributed by atoms with Gasteiger partial charge in [-0.15, -0.1) is 0 Å². The van der Waals surface area contributed by atoms with Gasteiger partial charge in [-0.05, 0) is 37.5 Å². The van der Waals surface area contributed by atoms with Crippen LogP contribution in [0.1, 0.15) is 31.2 Å². The molecule has 0 N–H and O–H groups in total. The Kier molecular flexibility index (Phi) is 5.99. The number of benzene rings is 1. The Balaban J connectivity index is 1.70. The van der Waals surface area contributed by atoms with Gasteiger partial charge in [-0.3, -0.25) is 9.59 Å². The summed E-state index contributed by atoms with van der Waals surface area (Å²) in [6.45, 7) is 2.26. The van der Waals surface area contributed by atoms with Crippen molar-refractivity contribution in [2.24, 2.45) is 5.41 Å². The highest BCUT2D eigenvalue weighted by Crippen LogP contribution is 2.40. The molecule has 1 aromatic rings. The lowest BCUT2D eigenvalue weighted by Gasteiger charge is -2.39. The van der Waals surface area contributed by atoms with Crippen LogP contribution in [-0.4, -0.2) is 62.1 Å². The van der Waals surface area contributed by atoms with Gasteiger partial charge in [-0.1, -0.05) is 0 Å². The van der Waals surface area contributed by atoms with Crippen LogP contribution in [0.15, 0.2) is 18.2 Å². The highest BCUT2D eigenvalue weighted by Gasteiger charge is 2.49. The molecule has 7 heteroatoms. The molecular formula is C20H27FN2O4. The average Bonchev–Trinajstić information content (AvgIpc) is 3.10. The van der Waals surface area contributed by atoms with Crippen molar-refractivity contribution in [2.75, 3.05) is 40.5 Å². The molecule has 1 spiro atoms. The van der Waals surface area contributed by atoms with Crippen molar-refractivity contribution in [3.8, 4) is 5.75 Å². The second-order valence-electron chi connectivity index (χ2n) is 7.38. The molecule has 148 valence electrons. The first-order valence-electron chi connectivity index (χ1n) is 9.37. The van der Waals surface area contributed by atoms with Crippen LogP contribution in [0.3, 0.4) is 0 Å². The maximum Gasteiger partial charge on any atom is 0.230 e. The van der Waals surface area contributed by atoms with Crippen LogP contribution in [0.4, 0.5) is 4.39 Å². The first-order valence-corrected chi connectivity index (χ1v) is 9.37. The number of nitrogens with zero attached hydrogens (tertiary/aromatic N) is 2. The Morgan fingerprint density at radius 2 is 2.07 bits per heavy atom. The van der Waals surface area contributed by atoms with E-state index in [4.69, 9.17) is 9.47 Å². The van der Waals surface area contributed by atoms with Crippen molar-refractivity contribution in [3.63, 3.8) is 0 Å². The number of piperidine rings is 1. The van der Waals surface area contributed by atoms with Crippen molar-refractivity contribution in [2.45, 2.75) is 32.2 Å². The van der Waals surface area contributed by atoms with E-state index >= 15 is 0 Å². The molecule has 0 aliphatic carbocycles. The molecule has 1 unspecified atom stereocenters. The van der Waals surface area contributed by atoms with Crippen molar-refractivity contribution in [3.05, 3.63) is 29.6 Å². The van der Waals surface area contributed by atoms with Crippen LogP contribution in [0.2, 0.25) is 0 Å². The average molecular weight is 378 g/mol. The fraction of sp³-hybridized carbons (Fsp3) is 0.600. The molecule has 1 aromatic carbocycles. The number of hydrogen-bond donors (Lipinski definition) is 0. The minimum Gasteiger partial charge on any atom is -0.497 e. The summed E-state index contributed by atoms with van der Waals surface area (Å²) in [7, 11) is 3.10. The Hall–Kier alpha value is -2.15. The summed E-state index contributed by atoms with van der Waals surface area (Å²) in [6, 6.07) is 4.57. The molecule has 2 amide bonds. The third kappa shape index (κ3) is 4.08. The van der Waals surface area contributed by atoms with E-state index in [1.807, 2.05) is 0 Å². The summed E-state index contributed by atoms with van der Waals surface area (Å²) in [5.41, 5.74) is -0.0816. The van der Waals surface area contributed by atoms with Crippen LogP contribution in [0.5, 0.6) is 5.75 Å². The summed E-state index contributed by atoms with van der Waals surface area (Å²) < 4.78 is 24.3. The molecule has 0 bridgehead atoms. The van der Waals surface area contributed by atoms with Gasteiger partial charge >= 0.3 is 0 Å². The highest BCUT2D eigenvalue weighted by atomic mass is 19.1. The van der Waals surface area contributed by atoms with Crippen molar-refractivity contribution in [1.29, 1.82) is 0 Å². The van der Waals surface area contributed by atoms with Gasteiger partial charge in [-0.2, -0.15) is 0 Å². The maximum atomic E-state index is 14.2. The SMILES string of the molecule is COCCC(=O)N1CCC2(CCCN(Cc3cc(OC)ccc3F)C2=O)C1. The molecule has 2 saturated heterocycles. The Morgan fingerprint density at radius 1 is 1.26 bits per heavy atom. The minimum absolute atomic E-state index is 0.0255. The van der Waals surface area contributed by atoms with Gasteiger partial charge in [0.2, 0.25) is 11.8 Å². The molecule has 3 rings (SSSR count). The molecule has 27 heavy (non-hydrogen) atoms. The van der Waals surface area contributed by atoms with E-state index < -0.39 is 5.41 Å². The second kappa shape index (κ2) is 8.25. The maximum absolute atomic E-state index is 14.2.